The van der Waals surface area contributed by atoms with Crippen molar-refractivity contribution in [3.8, 4) is 0 Å². The molecule has 0 aliphatic rings. The van der Waals surface area contributed by atoms with Gasteiger partial charge in [0.25, 0.3) is 10.0 Å². The fourth-order valence-corrected chi connectivity index (χ4v) is 7.25. The lowest BCUT2D eigenvalue weighted by Crippen LogP contribution is -2.14. The van der Waals surface area contributed by atoms with Crippen LogP contribution >= 0.6 is 23.4 Å². The van der Waals surface area contributed by atoms with Crippen molar-refractivity contribution in [1.29, 1.82) is 0 Å². The number of unbranched alkanes of at least 4 members (excludes halogenated alkanes) is 2. The highest BCUT2D eigenvalue weighted by molar-refractivity contribution is 8.01. The van der Waals surface area contributed by atoms with Gasteiger partial charge in [-0.3, -0.25) is 4.72 Å². The van der Waals surface area contributed by atoms with Crippen molar-refractivity contribution in [1.82, 2.24) is 0 Å². The van der Waals surface area contributed by atoms with Crippen molar-refractivity contribution in [3.63, 3.8) is 0 Å². The topological polar surface area (TPSA) is 80.3 Å². The standard InChI is InChI=1S/C25H28ClNO4S3/c1-2-3-4-7-20-10-14-23(15-11-20)34(30,31)27-24-8-5-6-9-25(24)32-18-19-33(28,29)22-16-12-21(26)13-17-22/h5-6,8-17,27H,2-4,7,18-19H2,1H3. The molecule has 0 aliphatic heterocycles. The van der Waals surface area contributed by atoms with E-state index in [1.807, 2.05) is 12.1 Å². The Morgan fingerprint density at radius 1 is 0.824 bits per heavy atom. The summed E-state index contributed by atoms with van der Waals surface area (Å²) in [7, 11) is -7.24. The summed E-state index contributed by atoms with van der Waals surface area (Å²) < 4.78 is 53.7. The SMILES string of the molecule is CCCCCc1ccc(S(=O)(=O)Nc2ccccc2SCCS(=O)(=O)c2ccc(Cl)cc2)cc1. The number of aryl methyl sites for hydroxylation is 1. The largest absolute Gasteiger partial charge is 0.278 e. The molecule has 0 spiro atoms. The number of hydrogen-bond donors (Lipinski definition) is 1. The van der Waals surface area contributed by atoms with Crippen molar-refractivity contribution in [3.05, 3.63) is 83.4 Å². The summed E-state index contributed by atoms with van der Waals surface area (Å²) in [6.45, 7) is 2.15. The summed E-state index contributed by atoms with van der Waals surface area (Å²) in [6, 6.07) is 20.0. The first kappa shape index (κ1) is 26.6. The molecule has 3 aromatic rings. The molecule has 0 amide bonds. The van der Waals surface area contributed by atoms with Crippen LogP contribution in [-0.4, -0.2) is 28.3 Å². The second kappa shape index (κ2) is 12.1. The van der Waals surface area contributed by atoms with E-state index in [0.717, 1.165) is 31.2 Å². The van der Waals surface area contributed by atoms with Crippen LogP contribution in [0.1, 0.15) is 31.7 Å². The molecule has 0 bridgehead atoms. The van der Waals surface area contributed by atoms with Crippen molar-refractivity contribution in [2.45, 2.75) is 47.3 Å². The zero-order chi connectivity index (χ0) is 24.6. The molecule has 1 N–H and O–H groups in total. The lowest BCUT2D eigenvalue weighted by Gasteiger charge is -2.13. The normalized spacial score (nSPS) is 11.9. The number of sulfone groups is 1. The quantitative estimate of drug-likeness (QED) is 0.212. The smallest absolute Gasteiger partial charge is 0.261 e. The van der Waals surface area contributed by atoms with Crippen molar-refractivity contribution < 1.29 is 16.8 Å². The van der Waals surface area contributed by atoms with Crippen LogP contribution in [-0.2, 0) is 26.3 Å². The highest BCUT2D eigenvalue weighted by atomic mass is 35.5. The zero-order valence-electron chi connectivity index (χ0n) is 18.9. The lowest BCUT2D eigenvalue weighted by molar-refractivity contribution is 0.597. The number of sulfonamides is 1. The van der Waals surface area contributed by atoms with E-state index in [2.05, 4.69) is 11.6 Å². The Kier molecular flexibility index (Phi) is 9.47. The molecule has 3 rings (SSSR count). The molecule has 3 aromatic carbocycles. The minimum Gasteiger partial charge on any atom is -0.278 e. The maximum atomic E-state index is 12.9. The van der Waals surface area contributed by atoms with Gasteiger partial charge in [-0.05, 0) is 66.9 Å². The van der Waals surface area contributed by atoms with E-state index in [1.165, 1.54) is 23.9 Å². The van der Waals surface area contributed by atoms with Gasteiger partial charge >= 0.3 is 0 Å². The zero-order valence-corrected chi connectivity index (χ0v) is 22.1. The molecule has 0 radical (unpaired) electrons. The first-order valence-corrected chi connectivity index (χ1v) is 15.5. The third-order valence-electron chi connectivity index (χ3n) is 5.22. The van der Waals surface area contributed by atoms with Gasteiger partial charge in [0.05, 0.1) is 21.2 Å². The second-order valence-corrected chi connectivity index (χ2v) is 13.2. The van der Waals surface area contributed by atoms with Crippen LogP contribution < -0.4 is 4.72 Å². The first-order valence-electron chi connectivity index (χ1n) is 11.0. The number of halogens is 1. The van der Waals surface area contributed by atoms with Gasteiger partial charge in [0, 0.05) is 15.7 Å². The highest BCUT2D eigenvalue weighted by Gasteiger charge is 2.18. The van der Waals surface area contributed by atoms with Crippen LogP contribution in [0.15, 0.2) is 87.5 Å². The number of hydrogen-bond acceptors (Lipinski definition) is 5. The predicted octanol–water partition coefficient (Wildman–Crippen LogP) is 6.44. The number of nitrogens with one attached hydrogen (secondary N) is 1. The minimum atomic E-state index is -3.77. The molecule has 0 unspecified atom stereocenters. The molecular weight excluding hydrogens is 510 g/mol. The summed E-state index contributed by atoms with van der Waals surface area (Å²) in [5.41, 5.74) is 1.54. The van der Waals surface area contributed by atoms with E-state index < -0.39 is 19.9 Å². The van der Waals surface area contributed by atoms with Gasteiger partial charge in [0.1, 0.15) is 0 Å². The van der Waals surface area contributed by atoms with E-state index in [4.69, 9.17) is 11.6 Å². The summed E-state index contributed by atoms with van der Waals surface area (Å²) >= 11 is 7.13. The van der Waals surface area contributed by atoms with E-state index >= 15 is 0 Å². The van der Waals surface area contributed by atoms with Gasteiger partial charge in [0.15, 0.2) is 9.84 Å². The minimum absolute atomic E-state index is 0.0835. The van der Waals surface area contributed by atoms with Gasteiger partial charge in [-0.2, -0.15) is 0 Å². The molecule has 0 aliphatic carbocycles. The Morgan fingerprint density at radius 2 is 1.47 bits per heavy atom. The molecular formula is C25H28ClNO4S3. The third kappa shape index (κ3) is 7.50. The van der Waals surface area contributed by atoms with E-state index in [9.17, 15) is 16.8 Å². The maximum Gasteiger partial charge on any atom is 0.261 e. The molecule has 0 heterocycles. The Hall–Kier alpha value is -2.00. The number of para-hydroxylation sites is 1. The highest BCUT2D eigenvalue weighted by Crippen LogP contribution is 2.30. The summed E-state index contributed by atoms with van der Waals surface area (Å²) in [6.07, 6.45) is 4.30. The first-order chi connectivity index (χ1) is 16.2. The Bertz CT molecular complexity index is 1290. The van der Waals surface area contributed by atoms with Crippen molar-refractivity contribution in [2.24, 2.45) is 0 Å². The lowest BCUT2D eigenvalue weighted by atomic mass is 10.1. The Labute approximate surface area is 211 Å². The van der Waals surface area contributed by atoms with Crippen LogP contribution in [0.2, 0.25) is 5.02 Å². The van der Waals surface area contributed by atoms with Gasteiger partial charge in [-0.1, -0.05) is 55.6 Å². The maximum absolute atomic E-state index is 12.9. The van der Waals surface area contributed by atoms with E-state index in [-0.39, 0.29) is 21.3 Å². The molecule has 9 heteroatoms. The fraction of sp³-hybridized carbons (Fsp3) is 0.280. The molecule has 5 nitrogen and oxygen atoms in total. The summed E-state index contributed by atoms with van der Waals surface area (Å²) in [5.74, 6) is 0.191. The van der Waals surface area contributed by atoms with Gasteiger partial charge in [-0.25, -0.2) is 16.8 Å². The molecule has 34 heavy (non-hydrogen) atoms. The van der Waals surface area contributed by atoms with Crippen LogP contribution in [0.25, 0.3) is 0 Å². The molecule has 0 fully saturated rings. The Balaban J connectivity index is 1.66. The number of benzene rings is 3. The average molecular weight is 538 g/mol. The summed E-state index contributed by atoms with van der Waals surface area (Å²) in [4.78, 5) is 1.06. The molecule has 182 valence electrons. The summed E-state index contributed by atoms with van der Waals surface area (Å²) in [5, 5.41) is 0.473. The van der Waals surface area contributed by atoms with Crippen LogP contribution in [0.3, 0.4) is 0 Å². The Morgan fingerprint density at radius 3 is 2.15 bits per heavy atom. The number of rotatable bonds is 12. The molecule has 0 aromatic heterocycles. The number of anilines is 1. The van der Waals surface area contributed by atoms with Crippen molar-refractivity contribution in [2.75, 3.05) is 16.2 Å². The average Bonchev–Trinajstić information content (AvgIpc) is 2.81. The van der Waals surface area contributed by atoms with Crippen LogP contribution in [0.4, 0.5) is 5.69 Å². The monoisotopic (exact) mass is 537 g/mol. The second-order valence-electron chi connectivity index (χ2n) is 7.82. The third-order valence-corrected chi connectivity index (χ3v) is 9.92. The molecule has 0 saturated carbocycles. The van der Waals surface area contributed by atoms with Gasteiger partial charge < -0.3 is 0 Å². The number of thioether (sulfide) groups is 1. The van der Waals surface area contributed by atoms with Crippen molar-refractivity contribution >= 4 is 48.9 Å². The van der Waals surface area contributed by atoms with Gasteiger partial charge in [0.2, 0.25) is 0 Å². The predicted molar refractivity (Wildman–Crippen MR) is 141 cm³/mol. The van der Waals surface area contributed by atoms with Gasteiger partial charge in [-0.15, -0.1) is 11.8 Å². The van der Waals surface area contributed by atoms with Crippen LogP contribution in [0, 0.1) is 0 Å². The van der Waals surface area contributed by atoms with E-state index in [1.54, 1.807) is 48.5 Å². The van der Waals surface area contributed by atoms with E-state index in [0.29, 0.717) is 15.6 Å². The molecule has 0 atom stereocenters. The van der Waals surface area contributed by atoms with Crippen LogP contribution in [0.5, 0.6) is 0 Å². The molecule has 0 saturated heterocycles. The fourth-order valence-electron chi connectivity index (χ4n) is 3.32.